The number of H-pyrrole nitrogens is 1. The van der Waals surface area contributed by atoms with Gasteiger partial charge in [-0.2, -0.15) is 5.26 Å². The highest BCUT2D eigenvalue weighted by atomic mass is 16.5. The van der Waals surface area contributed by atoms with E-state index in [1.54, 1.807) is 45.4 Å². The van der Waals surface area contributed by atoms with Gasteiger partial charge in [-0.3, -0.25) is 4.79 Å². The molecule has 2 aromatic carbocycles. The van der Waals surface area contributed by atoms with Gasteiger partial charge in [0.2, 0.25) is 0 Å². The van der Waals surface area contributed by atoms with Crippen LogP contribution in [0.1, 0.15) is 16.8 Å². The molecule has 3 aromatic rings. The lowest BCUT2D eigenvalue weighted by molar-refractivity contribution is 0.285. The Balaban J connectivity index is 2.07. The fourth-order valence-corrected chi connectivity index (χ4v) is 2.97. The maximum Gasteiger partial charge on any atom is 0.266 e. The van der Waals surface area contributed by atoms with Crippen molar-refractivity contribution in [3.05, 3.63) is 75.7 Å². The number of nitrogens with one attached hydrogen (secondary N) is 1. The first-order valence-corrected chi connectivity index (χ1v) is 8.64. The van der Waals surface area contributed by atoms with Crippen LogP contribution >= 0.6 is 0 Å². The van der Waals surface area contributed by atoms with Crippen LogP contribution in [0.15, 0.2) is 53.3 Å². The highest BCUT2D eigenvalue weighted by Gasteiger charge is 2.18. The lowest BCUT2D eigenvalue weighted by Gasteiger charge is -2.16. The fourth-order valence-electron chi connectivity index (χ4n) is 2.97. The van der Waals surface area contributed by atoms with E-state index < -0.39 is 5.56 Å². The van der Waals surface area contributed by atoms with Crippen LogP contribution in [0.3, 0.4) is 0 Å². The zero-order chi connectivity index (χ0) is 20.1. The summed E-state index contributed by atoms with van der Waals surface area (Å²) in [5.41, 5.74) is 2.29. The molecule has 0 aliphatic heterocycles. The van der Waals surface area contributed by atoms with Gasteiger partial charge in [0.15, 0.2) is 11.5 Å². The molecular weight excluding hydrogens is 356 g/mol. The van der Waals surface area contributed by atoms with Gasteiger partial charge in [0, 0.05) is 16.8 Å². The molecule has 3 rings (SSSR count). The number of benzene rings is 2. The van der Waals surface area contributed by atoms with E-state index in [2.05, 4.69) is 4.98 Å². The maximum atomic E-state index is 12.2. The Morgan fingerprint density at radius 3 is 2.54 bits per heavy atom. The molecule has 0 unspecified atom stereocenters. The van der Waals surface area contributed by atoms with Crippen molar-refractivity contribution in [2.45, 2.75) is 13.5 Å². The molecule has 0 amide bonds. The van der Waals surface area contributed by atoms with E-state index in [9.17, 15) is 10.1 Å². The van der Waals surface area contributed by atoms with Gasteiger partial charge in [-0.15, -0.1) is 0 Å². The van der Waals surface area contributed by atoms with E-state index in [1.165, 1.54) is 0 Å². The number of ether oxygens (including phenoxy) is 3. The van der Waals surface area contributed by atoms with E-state index in [0.717, 1.165) is 11.3 Å². The normalized spacial score (nSPS) is 10.2. The van der Waals surface area contributed by atoms with Crippen LogP contribution in [0, 0.1) is 18.3 Å². The molecule has 0 fully saturated rings. The van der Waals surface area contributed by atoms with Gasteiger partial charge in [-0.25, -0.2) is 0 Å². The summed E-state index contributed by atoms with van der Waals surface area (Å²) in [5, 5.41) is 9.48. The number of hydrogen-bond donors (Lipinski definition) is 1. The Labute approximate surface area is 162 Å². The number of nitrogens with zero attached hydrogens (tertiary/aromatic N) is 1. The molecule has 1 heterocycles. The number of rotatable bonds is 6. The number of hydrogen-bond acceptors (Lipinski definition) is 5. The lowest BCUT2D eigenvalue weighted by Crippen LogP contribution is -2.13. The Kier molecular flexibility index (Phi) is 5.66. The summed E-state index contributed by atoms with van der Waals surface area (Å²) in [6.07, 6.45) is 0. The van der Waals surface area contributed by atoms with Crippen molar-refractivity contribution in [3.8, 4) is 34.4 Å². The minimum atomic E-state index is -0.431. The van der Waals surface area contributed by atoms with Crippen molar-refractivity contribution in [1.29, 1.82) is 5.26 Å². The molecule has 0 spiro atoms. The number of nitriles is 1. The molecule has 0 atom stereocenters. The molecule has 6 heteroatoms. The van der Waals surface area contributed by atoms with Crippen molar-refractivity contribution in [3.63, 3.8) is 0 Å². The van der Waals surface area contributed by atoms with Crippen molar-refractivity contribution >= 4 is 0 Å². The summed E-state index contributed by atoms with van der Waals surface area (Å²) in [7, 11) is 3.16. The topological polar surface area (TPSA) is 84.3 Å². The Morgan fingerprint density at radius 1 is 1.04 bits per heavy atom. The quantitative estimate of drug-likeness (QED) is 0.707. The second-order valence-corrected chi connectivity index (χ2v) is 6.16. The van der Waals surface area contributed by atoms with Crippen molar-refractivity contribution < 1.29 is 14.2 Å². The van der Waals surface area contributed by atoms with E-state index in [1.807, 2.05) is 30.3 Å². The van der Waals surface area contributed by atoms with E-state index >= 15 is 0 Å². The van der Waals surface area contributed by atoms with E-state index in [-0.39, 0.29) is 12.2 Å². The van der Waals surface area contributed by atoms with Gasteiger partial charge >= 0.3 is 0 Å². The van der Waals surface area contributed by atoms with Gasteiger partial charge in [0.1, 0.15) is 24.0 Å². The SMILES string of the molecule is COc1cccc(COc2c(OC)cccc2-c2cc(C)[nH]c(=O)c2C#N)c1. The zero-order valence-corrected chi connectivity index (χ0v) is 15.9. The van der Waals surface area contributed by atoms with Crippen LogP contribution < -0.4 is 19.8 Å². The third-order valence-electron chi connectivity index (χ3n) is 4.29. The van der Waals surface area contributed by atoms with Gasteiger partial charge in [-0.1, -0.05) is 24.3 Å². The molecule has 1 N–H and O–H groups in total. The fraction of sp³-hybridized carbons (Fsp3) is 0.182. The Morgan fingerprint density at radius 2 is 1.82 bits per heavy atom. The number of aryl methyl sites for hydroxylation is 1. The third kappa shape index (κ3) is 3.84. The summed E-state index contributed by atoms with van der Waals surface area (Å²) in [4.78, 5) is 14.9. The second kappa shape index (κ2) is 8.31. The molecule has 0 saturated carbocycles. The highest BCUT2D eigenvalue weighted by molar-refractivity contribution is 5.78. The van der Waals surface area contributed by atoms with Crippen LogP contribution in [-0.4, -0.2) is 19.2 Å². The number of para-hydroxylation sites is 1. The van der Waals surface area contributed by atoms with Gasteiger partial charge in [0.05, 0.1) is 14.2 Å². The predicted molar refractivity (Wildman–Crippen MR) is 106 cm³/mol. The van der Waals surface area contributed by atoms with E-state index in [0.29, 0.717) is 28.3 Å². The largest absolute Gasteiger partial charge is 0.497 e. The molecule has 0 aliphatic rings. The third-order valence-corrected chi connectivity index (χ3v) is 4.29. The zero-order valence-electron chi connectivity index (χ0n) is 15.9. The molecule has 6 nitrogen and oxygen atoms in total. The number of aromatic nitrogens is 1. The first-order chi connectivity index (χ1) is 13.6. The standard InChI is InChI=1S/C22H20N2O4/c1-14-10-18(19(12-23)22(25)24-14)17-8-5-9-20(27-3)21(17)28-13-15-6-4-7-16(11-15)26-2/h4-11H,13H2,1-3H3,(H,24,25). The predicted octanol–water partition coefficient (Wildman–Crippen LogP) is 3.82. The highest BCUT2D eigenvalue weighted by Crippen LogP contribution is 2.39. The molecule has 28 heavy (non-hydrogen) atoms. The minimum absolute atomic E-state index is 0.0325. The van der Waals surface area contributed by atoms with Crippen LogP contribution in [0.4, 0.5) is 0 Å². The van der Waals surface area contributed by atoms with Crippen molar-refractivity contribution in [2.24, 2.45) is 0 Å². The summed E-state index contributed by atoms with van der Waals surface area (Å²) in [5.74, 6) is 1.72. The average molecular weight is 376 g/mol. The first kappa shape index (κ1) is 19.1. The summed E-state index contributed by atoms with van der Waals surface area (Å²) in [6, 6.07) is 16.7. The average Bonchev–Trinajstić information content (AvgIpc) is 2.71. The monoisotopic (exact) mass is 376 g/mol. The molecule has 142 valence electrons. The van der Waals surface area contributed by atoms with Crippen LogP contribution in [-0.2, 0) is 6.61 Å². The number of pyridine rings is 1. The molecule has 0 saturated heterocycles. The molecular formula is C22H20N2O4. The summed E-state index contributed by atoms with van der Waals surface area (Å²) < 4.78 is 16.8. The smallest absolute Gasteiger partial charge is 0.266 e. The molecule has 1 aromatic heterocycles. The van der Waals surface area contributed by atoms with Gasteiger partial charge < -0.3 is 19.2 Å². The lowest BCUT2D eigenvalue weighted by atomic mass is 9.99. The Hall–Kier alpha value is -3.72. The van der Waals surface area contributed by atoms with Gasteiger partial charge in [-0.05, 0) is 36.8 Å². The Bertz CT molecular complexity index is 1100. The summed E-state index contributed by atoms with van der Waals surface area (Å²) in [6.45, 7) is 2.04. The molecule has 0 aliphatic carbocycles. The van der Waals surface area contributed by atoms with Gasteiger partial charge in [0.25, 0.3) is 5.56 Å². The second-order valence-electron chi connectivity index (χ2n) is 6.16. The van der Waals surface area contributed by atoms with Crippen LogP contribution in [0.5, 0.6) is 17.2 Å². The number of methoxy groups -OCH3 is 2. The molecule has 0 bridgehead atoms. The summed E-state index contributed by atoms with van der Waals surface area (Å²) >= 11 is 0. The van der Waals surface area contributed by atoms with E-state index in [4.69, 9.17) is 14.2 Å². The molecule has 0 radical (unpaired) electrons. The van der Waals surface area contributed by atoms with Crippen LogP contribution in [0.25, 0.3) is 11.1 Å². The van der Waals surface area contributed by atoms with Crippen LogP contribution in [0.2, 0.25) is 0 Å². The van der Waals surface area contributed by atoms with Crippen molar-refractivity contribution in [1.82, 2.24) is 4.98 Å². The van der Waals surface area contributed by atoms with Crippen molar-refractivity contribution in [2.75, 3.05) is 14.2 Å². The maximum absolute atomic E-state index is 12.2. The first-order valence-electron chi connectivity index (χ1n) is 8.64. The number of aromatic amines is 1. The minimum Gasteiger partial charge on any atom is -0.497 e.